The summed E-state index contributed by atoms with van der Waals surface area (Å²) in [5.74, 6) is 0.580. The molecule has 0 aromatic carbocycles. The quantitative estimate of drug-likeness (QED) is 0.753. The molecule has 8 heteroatoms. The number of hydrogen-bond acceptors (Lipinski definition) is 6. The highest BCUT2D eigenvalue weighted by Gasteiger charge is 2.32. The second-order valence-corrected chi connectivity index (χ2v) is 6.04. The van der Waals surface area contributed by atoms with Crippen LogP contribution in [-0.4, -0.2) is 43.8 Å². The van der Waals surface area contributed by atoms with Gasteiger partial charge in [-0.05, 0) is 15.9 Å². The van der Waals surface area contributed by atoms with Crippen LogP contribution in [0, 0.1) is 0 Å². The zero-order valence-corrected chi connectivity index (χ0v) is 10.9. The van der Waals surface area contributed by atoms with Crippen LogP contribution in [0.1, 0.15) is 0 Å². The maximum Gasteiger partial charge on any atom is 0.264 e. The lowest BCUT2D eigenvalue weighted by Crippen LogP contribution is -2.53. The van der Waals surface area contributed by atoms with E-state index in [0.717, 1.165) is 10.7 Å². The van der Waals surface area contributed by atoms with E-state index in [0.29, 0.717) is 19.0 Å². The molecular formula is C8H10BrN3O3S. The topological polar surface area (TPSA) is 72.4 Å². The highest BCUT2D eigenvalue weighted by atomic mass is 79.9. The molecule has 1 saturated heterocycles. The van der Waals surface area contributed by atoms with Crippen molar-refractivity contribution in [2.45, 2.75) is 6.10 Å². The largest absolute Gasteiger partial charge is 0.335 e. The maximum atomic E-state index is 10.8. The van der Waals surface area contributed by atoms with Gasteiger partial charge in [-0.3, -0.25) is 4.18 Å². The number of rotatable bonds is 3. The van der Waals surface area contributed by atoms with Gasteiger partial charge in [-0.25, -0.2) is 9.97 Å². The molecule has 1 aromatic rings. The molecule has 1 aromatic heterocycles. The third-order valence-corrected chi connectivity index (χ3v) is 3.08. The van der Waals surface area contributed by atoms with E-state index in [9.17, 15) is 8.42 Å². The Balaban J connectivity index is 1.91. The Labute approximate surface area is 102 Å². The monoisotopic (exact) mass is 307 g/mol. The third kappa shape index (κ3) is 2.89. The Bertz CT molecular complexity index is 470. The molecule has 0 spiro atoms. The molecule has 1 aliphatic heterocycles. The number of halogens is 1. The first-order valence-corrected chi connectivity index (χ1v) is 7.16. The Morgan fingerprint density at radius 3 is 2.50 bits per heavy atom. The Hall–Kier alpha value is -0.730. The molecule has 2 heterocycles. The van der Waals surface area contributed by atoms with Gasteiger partial charge in [0.05, 0.1) is 23.8 Å². The zero-order chi connectivity index (χ0) is 11.8. The minimum Gasteiger partial charge on any atom is -0.335 e. The van der Waals surface area contributed by atoms with Crippen molar-refractivity contribution in [3.63, 3.8) is 0 Å². The van der Waals surface area contributed by atoms with Crippen molar-refractivity contribution in [2.75, 3.05) is 24.2 Å². The second kappa shape index (κ2) is 4.27. The molecule has 1 aliphatic rings. The molecule has 0 N–H and O–H groups in total. The van der Waals surface area contributed by atoms with Gasteiger partial charge in [0.15, 0.2) is 0 Å². The molecule has 1 fully saturated rings. The average Bonchev–Trinajstić information content (AvgIpc) is 2.11. The molecule has 6 nitrogen and oxygen atoms in total. The van der Waals surface area contributed by atoms with Gasteiger partial charge < -0.3 is 4.90 Å². The summed E-state index contributed by atoms with van der Waals surface area (Å²) in [6.45, 7) is 0.989. The van der Waals surface area contributed by atoms with E-state index < -0.39 is 10.1 Å². The highest BCUT2D eigenvalue weighted by molar-refractivity contribution is 9.10. The summed E-state index contributed by atoms with van der Waals surface area (Å²) in [5.41, 5.74) is 0. The molecule has 16 heavy (non-hydrogen) atoms. The molecule has 88 valence electrons. The molecule has 0 saturated carbocycles. The van der Waals surface area contributed by atoms with Crippen LogP contribution < -0.4 is 4.90 Å². The predicted molar refractivity (Wildman–Crippen MR) is 61.7 cm³/mol. The average molecular weight is 308 g/mol. The van der Waals surface area contributed by atoms with Gasteiger partial charge in [-0.2, -0.15) is 8.42 Å². The van der Waals surface area contributed by atoms with Crippen LogP contribution in [0.3, 0.4) is 0 Å². The van der Waals surface area contributed by atoms with E-state index >= 15 is 0 Å². The maximum absolute atomic E-state index is 10.8. The summed E-state index contributed by atoms with van der Waals surface area (Å²) in [5, 5.41) is 0. The molecule has 0 unspecified atom stereocenters. The van der Waals surface area contributed by atoms with Crippen molar-refractivity contribution in [3.05, 3.63) is 16.9 Å². The van der Waals surface area contributed by atoms with Crippen LogP contribution in [0.15, 0.2) is 16.9 Å². The third-order valence-electron chi connectivity index (χ3n) is 2.05. The van der Waals surface area contributed by atoms with Crippen molar-refractivity contribution in [3.8, 4) is 0 Å². The van der Waals surface area contributed by atoms with Gasteiger partial charge in [0, 0.05) is 12.4 Å². The van der Waals surface area contributed by atoms with Crippen LogP contribution in [0.2, 0.25) is 0 Å². The van der Waals surface area contributed by atoms with Crippen LogP contribution in [0.5, 0.6) is 0 Å². The van der Waals surface area contributed by atoms with Crippen LogP contribution in [-0.2, 0) is 14.3 Å². The van der Waals surface area contributed by atoms with Gasteiger partial charge in [0.25, 0.3) is 10.1 Å². The lowest BCUT2D eigenvalue weighted by molar-refractivity contribution is 0.175. The molecular weight excluding hydrogens is 298 g/mol. The number of nitrogens with zero attached hydrogens (tertiary/aromatic N) is 3. The number of hydrogen-bond donors (Lipinski definition) is 0. The summed E-state index contributed by atoms with van der Waals surface area (Å²) in [6, 6.07) is 0. The van der Waals surface area contributed by atoms with Crippen molar-refractivity contribution >= 4 is 32.0 Å². The summed E-state index contributed by atoms with van der Waals surface area (Å²) in [6.07, 6.45) is 4.05. The SMILES string of the molecule is CS(=O)(=O)OC1CN(c2ncc(Br)cn2)C1. The number of aromatic nitrogens is 2. The number of anilines is 1. The summed E-state index contributed by atoms with van der Waals surface area (Å²) in [4.78, 5) is 10.0. The second-order valence-electron chi connectivity index (χ2n) is 3.53. The van der Waals surface area contributed by atoms with Gasteiger partial charge in [0.1, 0.15) is 6.10 Å². The summed E-state index contributed by atoms with van der Waals surface area (Å²) in [7, 11) is -3.37. The Kier molecular flexibility index (Phi) is 3.13. The fourth-order valence-electron chi connectivity index (χ4n) is 1.38. The van der Waals surface area contributed by atoms with E-state index in [4.69, 9.17) is 4.18 Å². The molecule has 0 amide bonds. The van der Waals surface area contributed by atoms with Gasteiger partial charge >= 0.3 is 0 Å². The molecule has 0 radical (unpaired) electrons. The van der Waals surface area contributed by atoms with E-state index in [1.165, 1.54) is 0 Å². The van der Waals surface area contributed by atoms with E-state index in [1.54, 1.807) is 12.4 Å². The minimum atomic E-state index is -3.37. The van der Waals surface area contributed by atoms with Crippen molar-refractivity contribution in [1.29, 1.82) is 0 Å². The van der Waals surface area contributed by atoms with Crippen LogP contribution in [0.4, 0.5) is 5.95 Å². The van der Waals surface area contributed by atoms with E-state index in [1.807, 2.05) is 4.90 Å². The normalized spacial score (nSPS) is 17.2. The fraction of sp³-hybridized carbons (Fsp3) is 0.500. The zero-order valence-electron chi connectivity index (χ0n) is 8.50. The van der Waals surface area contributed by atoms with Crippen LogP contribution in [0.25, 0.3) is 0 Å². The smallest absolute Gasteiger partial charge is 0.264 e. The first-order chi connectivity index (χ1) is 7.44. The summed E-state index contributed by atoms with van der Waals surface area (Å²) < 4.78 is 27.3. The van der Waals surface area contributed by atoms with Gasteiger partial charge in [-0.1, -0.05) is 0 Å². The first-order valence-electron chi connectivity index (χ1n) is 4.55. The predicted octanol–water partition coefficient (Wildman–Crippen LogP) is 0.404. The van der Waals surface area contributed by atoms with Crippen molar-refractivity contribution < 1.29 is 12.6 Å². The van der Waals surface area contributed by atoms with E-state index in [-0.39, 0.29) is 6.10 Å². The Morgan fingerprint density at radius 2 is 2.00 bits per heavy atom. The first kappa shape index (κ1) is 11.7. The molecule has 2 rings (SSSR count). The fourth-order valence-corrected chi connectivity index (χ4v) is 2.20. The van der Waals surface area contributed by atoms with Crippen LogP contribution >= 0.6 is 15.9 Å². The Morgan fingerprint density at radius 1 is 1.44 bits per heavy atom. The van der Waals surface area contributed by atoms with Gasteiger partial charge in [-0.15, -0.1) is 0 Å². The lowest BCUT2D eigenvalue weighted by atomic mass is 10.2. The van der Waals surface area contributed by atoms with E-state index in [2.05, 4.69) is 25.9 Å². The molecule has 0 aliphatic carbocycles. The summed E-state index contributed by atoms with van der Waals surface area (Å²) >= 11 is 3.24. The highest BCUT2D eigenvalue weighted by Crippen LogP contribution is 2.19. The molecule has 0 bridgehead atoms. The van der Waals surface area contributed by atoms with Gasteiger partial charge in [0.2, 0.25) is 5.95 Å². The van der Waals surface area contributed by atoms with Crippen molar-refractivity contribution in [2.24, 2.45) is 0 Å². The molecule has 0 atom stereocenters. The standard InChI is InChI=1S/C8H10BrN3O3S/c1-16(13,14)15-7-4-12(5-7)8-10-2-6(9)3-11-8/h2-3,7H,4-5H2,1H3. The lowest BCUT2D eigenvalue weighted by Gasteiger charge is -2.37. The van der Waals surface area contributed by atoms with Crippen molar-refractivity contribution in [1.82, 2.24) is 9.97 Å². The minimum absolute atomic E-state index is 0.290.